The molecule has 0 amide bonds. The van der Waals surface area contributed by atoms with Crippen LogP contribution in [0.1, 0.15) is 25.7 Å². The van der Waals surface area contributed by atoms with Crippen molar-refractivity contribution in [3.63, 3.8) is 0 Å². The molecule has 0 radical (unpaired) electrons. The van der Waals surface area contributed by atoms with Crippen molar-refractivity contribution >= 4 is 23.5 Å². The molecule has 0 aromatic carbocycles. The minimum absolute atomic E-state index is 0.0617. The molecule has 0 bridgehead atoms. The Morgan fingerprint density at radius 1 is 1.25 bits per heavy atom. The molecule has 1 rings (SSSR count). The van der Waals surface area contributed by atoms with Crippen LogP contribution < -0.4 is 5.32 Å². The SMILES string of the molecule is CSC1CCCCC1NCCSC(F)(F)F. The maximum atomic E-state index is 11.9. The van der Waals surface area contributed by atoms with E-state index in [1.165, 1.54) is 19.3 Å². The Labute approximate surface area is 103 Å². The Kier molecular flexibility index (Phi) is 6.36. The highest BCUT2D eigenvalue weighted by molar-refractivity contribution is 8.00. The van der Waals surface area contributed by atoms with E-state index < -0.39 is 5.51 Å². The van der Waals surface area contributed by atoms with Crippen molar-refractivity contribution in [1.82, 2.24) is 5.32 Å². The fourth-order valence-corrected chi connectivity index (χ4v) is 3.44. The van der Waals surface area contributed by atoms with E-state index in [9.17, 15) is 13.2 Å². The third-order valence-electron chi connectivity index (χ3n) is 2.78. The van der Waals surface area contributed by atoms with Gasteiger partial charge in [-0.2, -0.15) is 24.9 Å². The number of thioether (sulfide) groups is 2. The van der Waals surface area contributed by atoms with E-state index >= 15 is 0 Å². The molecule has 16 heavy (non-hydrogen) atoms. The highest BCUT2D eigenvalue weighted by Gasteiger charge is 2.28. The standard InChI is InChI=1S/C10H18F3NS2/c1-15-9-5-3-2-4-8(9)14-6-7-16-10(11,12)13/h8-9,14H,2-7H2,1H3. The Morgan fingerprint density at radius 3 is 2.56 bits per heavy atom. The van der Waals surface area contributed by atoms with E-state index in [1.807, 2.05) is 11.8 Å². The second-order valence-corrected chi connectivity index (χ2v) is 6.15. The van der Waals surface area contributed by atoms with Crippen LogP contribution >= 0.6 is 23.5 Å². The van der Waals surface area contributed by atoms with Crippen molar-refractivity contribution in [3.05, 3.63) is 0 Å². The second-order valence-electron chi connectivity index (χ2n) is 3.91. The van der Waals surface area contributed by atoms with Gasteiger partial charge in [0.25, 0.3) is 0 Å². The first-order chi connectivity index (χ1) is 7.53. The first-order valence-corrected chi connectivity index (χ1v) is 7.77. The van der Waals surface area contributed by atoms with E-state index in [0.717, 1.165) is 6.42 Å². The van der Waals surface area contributed by atoms with Gasteiger partial charge in [0, 0.05) is 23.6 Å². The smallest absolute Gasteiger partial charge is 0.312 e. The summed E-state index contributed by atoms with van der Waals surface area (Å²) in [6.45, 7) is 0.450. The zero-order valence-corrected chi connectivity index (χ0v) is 11.0. The van der Waals surface area contributed by atoms with Gasteiger partial charge < -0.3 is 5.32 Å². The zero-order valence-electron chi connectivity index (χ0n) is 9.35. The van der Waals surface area contributed by atoms with Gasteiger partial charge in [0.1, 0.15) is 0 Å². The highest BCUT2D eigenvalue weighted by atomic mass is 32.2. The number of alkyl halides is 3. The van der Waals surface area contributed by atoms with Gasteiger partial charge in [-0.05, 0) is 30.9 Å². The molecule has 0 aromatic rings. The topological polar surface area (TPSA) is 12.0 Å². The minimum atomic E-state index is -4.09. The van der Waals surface area contributed by atoms with Crippen LogP contribution in [0.5, 0.6) is 0 Å². The average Bonchev–Trinajstić information content (AvgIpc) is 2.23. The third kappa shape index (κ3) is 5.68. The van der Waals surface area contributed by atoms with Crippen molar-refractivity contribution in [1.29, 1.82) is 0 Å². The van der Waals surface area contributed by atoms with Crippen LogP contribution in [0.15, 0.2) is 0 Å². The quantitative estimate of drug-likeness (QED) is 0.770. The summed E-state index contributed by atoms with van der Waals surface area (Å²) in [5.41, 5.74) is -4.09. The monoisotopic (exact) mass is 273 g/mol. The number of hydrogen-bond donors (Lipinski definition) is 1. The molecule has 1 nitrogen and oxygen atoms in total. The van der Waals surface area contributed by atoms with Crippen molar-refractivity contribution in [2.24, 2.45) is 0 Å². The maximum absolute atomic E-state index is 11.9. The largest absolute Gasteiger partial charge is 0.441 e. The van der Waals surface area contributed by atoms with Crippen molar-refractivity contribution in [2.45, 2.75) is 42.5 Å². The Balaban J connectivity index is 2.15. The predicted octanol–water partition coefficient (Wildman–Crippen LogP) is 3.50. The van der Waals surface area contributed by atoms with Crippen LogP contribution in [-0.4, -0.2) is 35.4 Å². The van der Waals surface area contributed by atoms with Crippen LogP contribution in [0.4, 0.5) is 13.2 Å². The van der Waals surface area contributed by atoms with Gasteiger partial charge in [0.15, 0.2) is 0 Å². The number of rotatable bonds is 5. The molecule has 2 atom stereocenters. The summed E-state index contributed by atoms with van der Waals surface area (Å²) in [5, 5.41) is 3.83. The molecular formula is C10H18F3NS2. The number of nitrogens with one attached hydrogen (secondary N) is 1. The molecule has 1 aliphatic carbocycles. The number of halogens is 3. The molecule has 1 aliphatic rings. The Hall–Kier alpha value is 0.450. The lowest BCUT2D eigenvalue weighted by Crippen LogP contribution is -2.41. The maximum Gasteiger partial charge on any atom is 0.441 e. The minimum Gasteiger partial charge on any atom is -0.312 e. The molecule has 0 heterocycles. The summed E-state index contributed by atoms with van der Waals surface area (Å²) >= 11 is 1.89. The van der Waals surface area contributed by atoms with E-state index in [2.05, 4.69) is 11.6 Å². The summed E-state index contributed by atoms with van der Waals surface area (Å²) in [6.07, 6.45) is 6.81. The predicted molar refractivity (Wildman–Crippen MR) is 66.1 cm³/mol. The lowest BCUT2D eigenvalue weighted by Gasteiger charge is -2.31. The molecule has 1 fully saturated rings. The van der Waals surface area contributed by atoms with E-state index in [-0.39, 0.29) is 17.5 Å². The van der Waals surface area contributed by atoms with Gasteiger partial charge in [-0.3, -0.25) is 0 Å². The molecule has 0 aromatic heterocycles. The summed E-state index contributed by atoms with van der Waals surface area (Å²) < 4.78 is 35.7. The first kappa shape index (κ1) is 14.5. The summed E-state index contributed by atoms with van der Waals surface area (Å²) in [4.78, 5) is 0. The zero-order chi connectivity index (χ0) is 12.0. The van der Waals surface area contributed by atoms with Crippen LogP contribution in [-0.2, 0) is 0 Å². The lowest BCUT2D eigenvalue weighted by atomic mass is 9.95. The van der Waals surface area contributed by atoms with E-state index in [4.69, 9.17) is 0 Å². The Bertz CT molecular complexity index is 199. The van der Waals surface area contributed by atoms with E-state index in [1.54, 1.807) is 0 Å². The molecule has 1 saturated carbocycles. The fraction of sp³-hybridized carbons (Fsp3) is 1.00. The van der Waals surface area contributed by atoms with Crippen molar-refractivity contribution in [3.8, 4) is 0 Å². The van der Waals surface area contributed by atoms with Crippen LogP contribution in [0.25, 0.3) is 0 Å². The molecule has 0 saturated heterocycles. The molecule has 0 aliphatic heterocycles. The summed E-state index contributed by atoms with van der Waals surface area (Å²) in [7, 11) is 0. The Morgan fingerprint density at radius 2 is 1.94 bits per heavy atom. The van der Waals surface area contributed by atoms with Crippen molar-refractivity contribution < 1.29 is 13.2 Å². The van der Waals surface area contributed by atoms with Crippen LogP contribution in [0.3, 0.4) is 0 Å². The average molecular weight is 273 g/mol. The highest BCUT2D eigenvalue weighted by Crippen LogP contribution is 2.30. The molecule has 6 heteroatoms. The lowest BCUT2D eigenvalue weighted by molar-refractivity contribution is -0.0327. The molecular weight excluding hydrogens is 255 g/mol. The van der Waals surface area contributed by atoms with E-state index in [0.29, 0.717) is 17.8 Å². The third-order valence-corrected chi connectivity index (χ3v) is 4.68. The molecule has 2 unspecified atom stereocenters. The van der Waals surface area contributed by atoms with Gasteiger partial charge in [-0.1, -0.05) is 12.8 Å². The van der Waals surface area contributed by atoms with Crippen molar-refractivity contribution in [2.75, 3.05) is 18.6 Å². The van der Waals surface area contributed by atoms with Crippen LogP contribution in [0, 0.1) is 0 Å². The van der Waals surface area contributed by atoms with Crippen LogP contribution in [0.2, 0.25) is 0 Å². The summed E-state index contributed by atoms with van der Waals surface area (Å²) in [6, 6.07) is 0.401. The van der Waals surface area contributed by atoms with Gasteiger partial charge in [-0.15, -0.1) is 0 Å². The fourth-order valence-electron chi connectivity index (χ4n) is 2.02. The van der Waals surface area contributed by atoms with Gasteiger partial charge in [-0.25, -0.2) is 0 Å². The number of hydrogen-bond acceptors (Lipinski definition) is 3. The second kappa shape index (κ2) is 7.01. The van der Waals surface area contributed by atoms with Gasteiger partial charge in [0.05, 0.1) is 0 Å². The van der Waals surface area contributed by atoms with Gasteiger partial charge >= 0.3 is 5.51 Å². The molecule has 1 N–H and O–H groups in total. The summed E-state index contributed by atoms with van der Waals surface area (Å²) in [5.74, 6) is 0.112. The molecule has 0 spiro atoms. The first-order valence-electron chi connectivity index (χ1n) is 5.50. The normalized spacial score (nSPS) is 27.0. The van der Waals surface area contributed by atoms with Gasteiger partial charge in [0.2, 0.25) is 0 Å². The molecule has 96 valence electrons.